The fourth-order valence-electron chi connectivity index (χ4n) is 2.46. The maximum absolute atomic E-state index is 12.9. The molecule has 0 bridgehead atoms. The van der Waals surface area contributed by atoms with Gasteiger partial charge in [0.1, 0.15) is 11.6 Å². The third kappa shape index (κ3) is 5.04. The second kappa shape index (κ2) is 8.79. The summed E-state index contributed by atoms with van der Waals surface area (Å²) >= 11 is 1.27. The van der Waals surface area contributed by atoms with Gasteiger partial charge in [0.05, 0.1) is 12.2 Å². The number of hydrogen-bond acceptors (Lipinski definition) is 5. The number of halogens is 1. The third-order valence-electron chi connectivity index (χ3n) is 4.08. The van der Waals surface area contributed by atoms with E-state index in [0.717, 1.165) is 5.56 Å². The second-order valence-electron chi connectivity index (χ2n) is 6.27. The number of anilines is 1. The van der Waals surface area contributed by atoms with Crippen molar-refractivity contribution in [1.82, 2.24) is 14.8 Å². The van der Waals surface area contributed by atoms with E-state index in [1.165, 1.54) is 36.0 Å². The average Bonchev–Trinajstić information content (AvgIpc) is 3.02. The van der Waals surface area contributed by atoms with Gasteiger partial charge in [-0.25, -0.2) is 4.39 Å². The van der Waals surface area contributed by atoms with Crippen LogP contribution in [0.3, 0.4) is 0 Å². The minimum Gasteiger partial charge on any atom is -0.326 e. The first kappa shape index (κ1) is 19.8. The molecule has 0 saturated carbocycles. The van der Waals surface area contributed by atoms with Crippen LogP contribution in [0, 0.1) is 12.7 Å². The maximum atomic E-state index is 12.9. The molecule has 0 aliphatic rings. The molecule has 0 atom stereocenters. The van der Waals surface area contributed by atoms with Gasteiger partial charge in [-0.05, 0) is 31.2 Å². The molecule has 6 nitrogen and oxygen atoms in total. The lowest BCUT2D eigenvalue weighted by Gasteiger charge is -2.06. The summed E-state index contributed by atoms with van der Waals surface area (Å²) in [5, 5.41) is 11.3. The highest BCUT2D eigenvalue weighted by atomic mass is 32.2. The summed E-state index contributed by atoms with van der Waals surface area (Å²) in [7, 11) is 1.75. The van der Waals surface area contributed by atoms with Crippen LogP contribution in [0.25, 0.3) is 0 Å². The standard InChI is InChI=1S/C20H19FN4O2S/c1-13-3-5-14(6-4-13)17(26)12-28-20-24-23-18(25(20)2)11-19(27)22-16-9-7-15(21)8-10-16/h3-10H,11-12H2,1-2H3,(H,22,27). The Hall–Kier alpha value is -3.00. The molecule has 0 radical (unpaired) electrons. The smallest absolute Gasteiger partial charge is 0.232 e. The summed E-state index contributed by atoms with van der Waals surface area (Å²) in [6.07, 6.45) is 0.0212. The largest absolute Gasteiger partial charge is 0.326 e. The predicted molar refractivity (Wildman–Crippen MR) is 106 cm³/mol. The quantitative estimate of drug-likeness (QED) is 0.487. The monoisotopic (exact) mass is 398 g/mol. The molecule has 0 fully saturated rings. The molecule has 2 aromatic carbocycles. The number of thioether (sulfide) groups is 1. The Kier molecular flexibility index (Phi) is 6.20. The second-order valence-corrected chi connectivity index (χ2v) is 7.21. The van der Waals surface area contributed by atoms with E-state index in [2.05, 4.69) is 15.5 Å². The Morgan fingerprint density at radius 1 is 1.07 bits per heavy atom. The van der Waals surface area contributed by atoms with Gasteiger partial charge in [0.2, 0.25) is 5.91 Å². The van der Waals surface area contributed by atoms with Gasteiger partial charge in [-0.1, -0.05) is 41.6 Å². The van der Waals surface area contributed by atoms with Crippen LogP contribution in [-0.2, 0) is 18.3 Å². The summed E-state index contributed by atoms with van der Waals surface area (Å²) in [5.41, 5.74) is 2.26. The first-order valence-electron chi connectivity index (χ1n) is 8.59. The number of hydrogen-bond donors (Lipinski definition) is 1. The van der Waals surface area contributed by atoms with Crippen molar-refractivity contribution in [2.45, 2.75) is 18.5 Å². The topological polar surface area (TPSA) is 76.9 Å². The third-order valence-corrected chi connectivity index (χ3v) is 5.10. The Morgan fingerprint density at radius 2 is 1.75 bits per heavy atom. The summed E-state index contributed by atoms with van der Waals surface area (Å²) in [5.74, 6) is 0.0626. The van der Waals surface area contributed by atoms with E-state index in [1.54, 1.807) is 23.7 Å². The van der Waals surface area contributed by atoms with E-state index in [0.29, 0.717) is 22.2 Å². The van der Waals surface area contributed by atoms with E-state index >= 15 is 0 Å². The van der Waals surface area contributed by atoms with E-state index < -0.39 is 0 Å². The van der Waals surface area contributed by atoms with E-state index in [1.807, 2.05) is 19.1 Å². The minimum atomic E-state index is -0.367. The van der Waals surface area contributed by atoms with Crippen LogP contribution < -0.4 is 5.32 Å². The van der Waals surface area contributed by atoms with Crippen molar-refractivity contribution in [3.05, 3.63) is 71.3 Å². The zero-order valence-corrected chi connectivity index (χ0v) is 16.3. The molecule has 1 N–H and O–H groups in total. The van der Waals surface area contributed by atoms with Crippen LogP contribution >= 0.6 is 11.8 Å². The van der Waals surface area contributed by atoms with Crippen molar-refractivity contribution in [1.29, 1.82) is 0 Å². The zero-order chi connectivity index (χ0) is 20.1. The Labute approximate surface area is 166 Å². The fourth-order valence-corrected chi connectivity index (χ4v) is 3.28. The van der Waals surface area contributed by atoms with Gasteiger partial charge < -0.3 is 9.88 Å². The van der Waals surface area contributed by atoms with E-state index in [4.69, 9.17) is 0 Å². The summed E-state index contributed by atoms with van der Waals surface area (Å²) in [6, 6.07) is 12.9. The molecule has 0 aliphatic carbocycles. The number of carbonyl (C=O) groups excluding carboxylic acids is 2. The molecule has 1 amide bonds. The van der Waals surface area contributed by atoms with E-state index in [-0.39, 0.29) is 29.7 Å². The van der Waals surface area contributed by atoms with Crippen molar-refractivity contribution >= 4 is 29.1 Å². The fraction of sp³-hybridized carbons (Fsp3) is 0.200. The number of aromatic nitrogens is 3. The van der Waals surface area contributed by atoms with Gasteiger partial charge in [-0.15, -0.1) is 10.2 Å². The van der Waals surface area contributed by atoms with Gasteiger partial charge in [0, 0.05) is 18.3 Å². The average molecular weight is 398 g/mol. The molecular formula is C20H19FN4O2S. The number of nitrogens with zero attached hydrogens (tertiary/aromatic N) is 3. The number of rotatable bonds is 7. The maximum Gasteiger partial charge on any atom is 0.232 e. The van der Waals surface area contributed by atoms with Crippen LogP contribution in [0.5, 0.6) is 0 Å². The molecule has 8 heteroatoms. The molecule has 3 aromatic rings. The molecule has 0 saturated heterocycles. The van der Waals surface area contributed by atoms with E-state index in [9.17, 15) is 14.0 Å². The molecule has 0 aliphatic heterocycles. The number of Topliss-reactive ketones (excluding diaryl/α,β-unsaturated/α-hetero) is 1. The molecular weight excluding hydrogens is 379 g/mol. The Bertz CT molecular complexity index is 984. The van der Waals surface area contributed by atoms with Crippen molar-refractivity contribution in [2.24, 2.45) is 7.05 Å². The predicted octanol–water partition coefficient (Wildman–Crippen LogP) is 3.42. The van der Waals surface area contributed by atoms with Gasteiger partial charge >= 0.3 is 0 Å². The van der Waals surface area contributed by atoms with Crippen LogP contribution in [0.15, 0.2) is 53.7 Å². The molecule has 3 rings (SSSR count). The van der Waals surface area contributed by atoms with Crippen LogP contribution in [0.2, 0.25) is 0 Å². The first-order valence-corrected chi connectivity index (χ1v) is 9.57. The first-order chi connectivity index (χ1) is 13.4. The van der Waals surface area contributed by atoms with Crippen LogP contribution in [-0.4, -0.2) is 32.2 Å². The zero-order valence-electron chi connectivity index (χ0n) is 15.5. The van der Waals surface area contributed by atoms with Gasteiger partial charge in [0.25, 0.3) is 0 Å². The number of nitrogens with one attached hydrogen (secondary N) is 1. The Morgan fingerprint density at radius 3 is 2.43 bits per heavy atom. The van der Waals surface area contributed by atoms with Crippen LogP contribution in [0.1, 0.15) is 21.7 Å². The molecule has 1 aromatic heterocycles. The van der Waals surface area contributed by atoms with Crippen molar-refractivity contribution < 1.29 is 14.0 Å². The molecule has 0 spiro atoms. The summed E-state index contributed by atoms with van der Waals surface area (Å²) < 4.78 is 14.6. The van der Waals surface area contributed by atoms with Crippen LogP contribution in [0.4, 0.5) is 10.1 Å². The molecule has 1 heterocycles. The molecule has 144 valence electrons. The lowest BCUT2D eigenvalue weighted by molar-refractivity contribution is -0.115. The highest BCUT2D eigenvalue weighted by Gasteiger charge is 2.15. The summed E-state index contributed by atoms with van der Waals surface area (Å²) in [4.78, 5) is 24.4. The number of carbonyl (C=O) groups is 2. The normalized spacial score (nSPS) is 10.7. The van der Waals surface area contributed by atoms with Crippen molar-refractivity contribution in [3.63, 3.8) is 0 Å². The number of amides is 1. The SMILES string of the molecule is Cc1ccc(C(=O)CSc2nnc(CC(=O)Nc3ccc(F)cc3)n2C)cc1. The van der Waals surface area contributed by atoms with Gasteiger partial charge in [0.15, 0.2) is 10.9 Å². The number of ketones is 1. The molecule has 28 heavy (non-hydrogen) atoms. The van der Waals surface area contributed by atoms with Crippen molar-refractivity contribution in [2.75, 3.05) is 11.1 Å². The summed E-state index contributed by atoms with van der Waals surface area (Å²) in [6.45, 7) is 1.97. The number of aryl methyl sites for hydroxylation is 1. The highest BCUT2D eigenvalue weighted by Crippen LogP contribution is 2.18. The lowest BCUT2D eigenvalue weighted by atomic mass is 10.1. The highest BCUT2D eigenvalue weighted by molar-refractivity contribution is 7.99. The van der Waals surface area contributed by atoms with Gasteiger partial charge in [-0.2, -0.15) is 0 Å². The van der Waals surface area contributed by atoms with Gasteiger partial charge in [-0.3, -0.25) is 9.59 Å². The van der Waals surface area contributed by atoms with Crippen molar-refractivity contribution in [3.8, 4) is 0 Å². The molecule has 0 unspecified atom stereocenters. The lowest BCUT2D eigenvalue weighted by Crippen LogP contribution is -2.17. The minimum absolute atomic E-state index is 0.00334. The Balaban J connectivity index is 1.57. The number of benzene rings is 2.